The van der Waals surface area contributed by atoms with Gasteiger partial charge < -0.3 is 4.74 Å². The molecule has 35 heavy (non-hydrogen) atoms. The molecule has 2 heteroatoms. The Kier molecular flexibility index (Phi) is 6.24. The van der Waals surface area contributed by atoms with Crippen LogP contribution in [0.5, 0.6) is 5.75 Å². The van der Waals surface area contributed by atoms with Crippen molar-refractivity contribution in [3.8, 4) is 5.75 Å². The van der Waals surface area contributed by atoms with Gasteiger partial charge in [0.1, 0.15) is 5.75 Å². The average Bonchev–Trinajstić information content (AvgIpc) is 2.92. The number of likely N-dealkylation sites (tertiary alicyclic amines) is 1. The number of piperidine rings is 1. The highest BCUT2D eigenvalue weighted by Crippen LogP contribution is 2.57. The fraction of sp³-hybridized carbons (Fsp3) is 0.394. The van der Waals surface area contributed by atoms with Gasteiger partial charge in [0.15, 0.2) is 0 Å². The van der Waals surface area contributed by atoms with Gasteiger partial charge in [0.2, 0.25) is 0 Å². The molecular formula is C33H37NO. The molecule has 3 aliphatic rings. The first-order chi connectivity index (χ1) is 17.3. The summed E-state index contributed by atoms with van der Waals surface area (Å²) in [4.78, 5) is 2.89. The lowest BCUT2D eigenvalue weighted by Gasteiger charge is -2.60. The van der Waals surface area contributed by atoms with Crippen molar-refractivity contribution in [3.05, 3.63) is 107 Å². The first-order valence-electron chi connectivity index (χ1n) is 13.5. The summed E-state index contributed by atoms with van der Waals surface area (Å²) in [5, 5.41) is 0. The monoisotopic (exact) mass is 463 g/mol. The molecule has 0 amide bonds. The highest BCUT2D eigenvalue weighted by Gasteiger charge is 2.54. The number of rotatable bonds is 6. The molecule has 2 bridgehead atoms. The Hall–Kier alpha value is -2.84. The van der Waals surface area contributed by atoms with Gasteiger partial charge in [-0.2, -0.15) is 0 Å². The fourth-order valence-corrected chi connectivity index (χ4v) is 7.56. The molecule has 2 aliphatic carbocycles. The van der Waals surface area contributed by atoms with Gasteiger partial charge in [0, 0.05) is 17.5 Å². The molecule has 1 aliphatic heterocycles. The molecule has 6 rings (SSSR count). The lowest BCUT2D eigenvalue weighted by Crippen LogP contribution is -2.61. The van der Waals surface area contributed by atoms with Gasteiger partial charge in [-0.05, 0) is 79.0 Å². The number of benzene rings is 3. The quantitative estimate of drug-likeness (QED) is 0.373. The normalized spacial score (nSPS) is 26.7. The number of hydrogen-bond acceptors (Lipinski definition) is 2. The smallest absolute Gasteiger partial charge is 0.119 e. The summed E-state index contributed by atoms with van der Waals surface area (Å²) in [6, 6.07) is 29.9. The molecule has 2 fully saturated rings. The zero-order chi connectivity index (χ0) is 23.7. The maximum atomic E-state index is 5.67. The molecular weight excluding hydrogens is 426 g/mol. The van der Waals surface area contributed by atoms with Gasteiger partial charge in [-0.3, -0.25) is 4.90 Å². The predicted octanol–water partition coefficient (Wildman–Crippen LogP) is 7.60. The zero-order valence-corrected chi connectivity index (χ0v) is 20.9. The van der Waals surface area contributed by atoms with Crippen molar-refractivity contribution in [2.24, 2.45) is 5.92 Å². The highest BCUT2D eigenvalue weighted by atomic mass is 16.5. The Morgan fingerprint density at radius 2 is 1.77 bits per heavy atom. The molecule has 180 valence electrons. The first-order valence-corrected chi connectivity index (χ1v) is 13.5. The van der Waals surface area contributed by atoms with E-state index in [1.54, 1.807) is 18.2 Å². The van der Waals surface area contributed by atoms with Crippen molar-refractivity contribution in [2.75, 3.05) is 13.7 Å². The number of ether oxygens (including phenoxy) is 1. The minimum absolute atomic E-state index is 0.336. The summed E-state index contributed by atoms with van der Waals surface area (Å²) in [7, 11) is 1.80. The summed E-state index contributed by atoms with van der Waals surface area (Å²) < 4.78 is 5.67. The van der Waals surface area contributed by atoms with E-state index in [1.807, 2.05) is 0 Å². The van der Waals surface area contributed by atoms with E-state index in [9.17, 15) is 0 Å². The number of nitrogens with zero attached hydrogens (tertiary/aromatic N) is 1. The van der Waals surface area contributed by atoms with Crippen LogP contribution in [0.15, 0.2) is 84.9 Å². The maximum Gasteiger partial charge on any atom is 0.119 e. The fourth-order valence-electron chi connectivity index (χ4n) is 7.56. The SMILES string of the molecule is COc1ccc2c(c1)[C@@]13CCCC[C@H]1[C@@H](C2)N(C(C/C=C/c1ccccc1)c1ccccc1)CC3. The van der Waals surface area contributed by atoms with Crippen molar-refractivity contribution in [1.29, 1.82) is 0 Å². The second kappa shape index (κ2) is 9.66. The number of methoxy groups -OCH3 is 1. The van der Waals surface area contributed by atoms with Crippen molar-refractivity contribution >= 4 is 6.08 Å². The Labute approximate surface area is 210 Å². The summed E-state index contributed by atoms with van der Waals surface area (Å²) in [6.07, 6.45) is 13.6. The van der Waals surface area contributed by atoms with E-state index in [4.69, 9.17) is 4.74 Å². The molecule has 0 aromatic heterocycles. The zero-order valence-electron chi connectivity index (χ0n) is 20.9. The Morgan fingerprint density at radius 3 is 2.57 bits per heavy atom. The predicted molar refractivity (Wildman–Crippen MR) is 145 cm³/mol. The Morgan fingerprint density at radius 1 is 0.971 bits per heavy atom. The average molecular weight is 464 g/mol. The van der Waals surface area contributed by atoms with E-state index in [2.05, 4.69) is 95.9 Å². The molecule has 1 saturated carbocycles. The molecule has 1 unspecified atom stereocenters. The van der Waals surface area contributed by atoms with Gasteiger partial charge in [-0.1, -0.05) is 91.7 Å². The van der Waals surface area contributed by atoms with Crippen LogP contribution >= 0.6 is 0 Å². The molecule has 3 aromatic carbocycles. The van der Waals surface area contributed by atoms with Gasteiger partial charge in [-0.25, -0.2) is 0 Å². The van der Waals surface area contributed by atoms with E-state index in [0.29, 0.717) is 17.5 Å². The van der Waals surface area contributed by atoms with Crippen molar-refractivity contribution in [3.63, 3.8) is 0 Å². The van der Waals surface area contributed by atoms with Gasteiger partial charge in [0.05, 0.1) is 7.11 Å². The summed E-state index contributed by atoms with van der Waals surface area (Å²) in [5.74, 6) is 1.77. The Bertz CT molecular complexity index is 1170. The molecule has 2 nitrogen and oxygen atoms in total. The van der Waals surface area contributed by atoms with Crippen LogP contribution in [0, 0.1) is 5.92 Å². The van der Waals surface area contributed by atoms with Gasteiger partial charge in [-0.15, -0.1) is 0 Å². The first kappa shape index (κ1) is 22.6. The molecule has 3 aromatic rings. The second-order valence-electron chi connectivity index (χ2n) is 10.8. The molecule has 4 atom stereocenters. The maximum absolute atomic E-state index is 5.67. The third-order valence-corrected chi connectivity index (χ3v) is 9.14. The minimum Gasteiger partial charge on any atom is -0.497 e. The topological polar surface area (TPSA) is 12.5 Å². The van der Waals surface area contributed by atoms with Gasteiger partial charge in [0.25, 0.3) is 0 Å². The third kappa shape index (κ3) is 4.12. The molecule has 0 spiro atoms. The van der Waals surface area contributed by atoms with E-state index >= 15 is 0 Å². The lowest BCUT2D eigenvalue weighted by molar-refractivity contribution is -0.0340. The van der Waals surface area contributed by atoms with E-state index < -0.39 is 0 Å². The van der Waals surface area contributed by atoms with Crippen LogP contribution in [-0.4, -0.2) is 24.6 Å². The van der Waals surface area contributed by atoms with Crippen LogP contribution < -0.4 is 4.74 Å². The van der Waals surface area contributed by atoms with Crippen LogP contribution in [0.1, 0.15) is 66.8 Å². The van der Waals surface area contributed by atoms with Crippen LogP contribution in [0.25, 0.3) is 6.08 Å². The third-order valence-electron chi connectivity index (χ3n) is 9.14. The minimum atomic E-state index is 0.336. The van der Waals surface area contributed by atoms with Crippen LogP contribution in [-0.2, 0) is 11.8 Å². The Balaban J connectivity index is 1.36. The second-order valence-corrected chi connectivity index (χ2v) is 10.8. The lowest BCUT2D eigenvalue weighted by atomic mass is 9.52. The van der Waals surface area contributed by atoms with E-state index in [-0.39, 0.29) is 0 Å². The highest BCUT2D eigenvalue weighted by molar-refractivity contribution is 5.49. The van der Waals surface area contributed by atoms with Crippen molar-refractivity contribution < 1.29 is 4.74 Å². The summed E-state index contributed by atoms with van der Waals surface area (Å²) >= 11 is 0. The van der Waals surface area contributed by atoms with Crippen molar-refractivity contribution in [1.82, 2.24) is 4.90 Å². The summed E-state index contributed by atoms with van der Waals surface area (Å²) in [6.45, 7) is 1.18. The number of hydrogen-bond donors (Lipinski definition) is 0. The number of fused-ring (bicyclic) bond motifs is 1. The van der Waals surface area contributed by atoms with Crippen LogP contribution in [0.2, 0.25) is 0 Å². The van der Waals surface area contributed by atoms with E-state index in [1.165, 1.54) is 49.8 Å². The molecule has 1 heterocycles. The van der Waals surface area contributed by atoms with Gasteiger partial charge >= 0.3 is 0 Å². The van der Waals surface area contributed by atoms with Crippen molar-refractivity contribution in [2.45, 2.75) is 62.4 Å². The standard InChI is InChI=1S/C33H37NO/c1-35-28-19-18-27-23-32-29-16-8-9-20-33(29,30(27)24-28)21-22-34(32)31(26-14-6-3-7-15-26)17-10-13-25-11-4-2-5-12-25/h2-7,10-15,18-19,24,29,31-32H,8-9,16-17,20-23H2,1H3/b13-10+/t29-,31?,32+,33+/m0/s1. The molecule has 0 N–H and O–H groups in total. The molecule has 1 saturated heterocycles. The molecule has 0 radical (unpaired) electrons. The summed E-state index contributed by atoms with van der Waals surface area (Å²) in [5.41, 5.74) is 6.24. The van der Waals surface area contributed by atoms with Crippen LogP contribution in [0.3, 0.4) is 0 Å². The van der Waals surface area contributed by atoms with E-state index in [0.717, 1.165) is 24.5 Å². The largest absolute Gasteiger partial charge is 0.497 e. The van der Waals surface area contributed by atoms with Crippen LogP contribution in [0.4, 0.5) is 0 Å².